The molecule has 30 heavy (non-hydrogen) atoms. The lowest BCUT2D eigenvalue weighted by Gasteiger charge is -2.16. The predicted octanol–water partition coefficient (Wildman–Crippen LogP) is 2.33. The topological polar surface area (TPSA) is 130 Å². The van der Waals surface area contributed by atoms with E-state index in [4.69, 9.17) is 15.6 Å². The molecule has 1 aromatic carbocycles. The Bertz CT molecular complexity index is 958. The van der Waals surface area contributed by atoms with Crippen LogP contribution in [0.4, 0.5) is 5.82 Å². The Labute approximate surface area is 174 Å². The first-order chi connectivity index (χ1) is 14.4. The first-order valence-electron chi connectivity index (χ1n) is 9.72. The highest BCUT2D eigenvalue weighted by molar-refractivity contribution is 6.04. The Morgan fingerprint density at radius 1 is 1.33 bits per heavy atom. The molecule has 1 aliphatic heterocycles. The predicted molar refractivity (Wildman–Crippen MR) is 113 cm³/mol. The number of ether oxygens (including phenoxy) is 1. The summed E-state index contributed by atoms with van der Waals surface area (Å²) in [7, 11) is 1.72. The lowest BCUT2D eigenvalue weighted by atomic mass is 10.2. The summed E-state index contributed by atoms with van der Waals surface area (Å²) in [5.74, 6) is 0.779. The van der Waals surface area contributed by atoms with E-state index in [0.717, 1.165) is 6.42 Å². The summed E-state index contributed by atoms with van der Waals surface area (Å²) in [6.45, 7) is 3.05. The smallest absolute Gasteiger partial charge is 0.335 e. The van der Waals surface area contributed by atoms with Crippen molar-refractivity contribution in [1.29, 1.82) is 0 Å². The van der Waals surface area contributed by atoms with Gasteiger partial charge in [-0.25, -0.2) is 9.78 Å². The van der Waals surface area contributed by atoms with Crippen LogP contribution in [0.3, 0.4) is 0 Å². The number of aromatic carboxylic acids is 1. The standard InChI is InChI=1S/C21H25N5O4/c1-3-17(27)26-11-9-14(12-26)25-19(22)18-16(8-10-24-20(18)23-2)30-15-6-4-13(5-7-15)21(28)29/h4-8,10,14H,3,9,11-12H2,1-2H3,(H2,22,25)(H,23,24)(H,28,29). The molecule has 1 aliphatic rings. The number of amides is 1. The SMILES string of the molecule is CCC(=O)N1CCC(N=C(N)c2c(Oc3ccc(C(=O)O)cc3)ccnc2NC)C1. The molecule has 4 N–H and O–H groups in total. The highest BCUT2D eigenvalue weighted by atomic mass is 16.5. The number of nitrogens with two attached hydrogens (primary N) is 1. The number of aliphatic imine (C=N–C) groups is 1. The molecule has 2 heterocycles. The second kappa shape index (κ2) is 9.25. The van der Waals surface area contributed by atoms with E-state index in [-0.39, 0.29) is 23.3 Å². The van der Waals surface area contributed by atoms with Crippen molar-refractivity contribution in [3.63, 3.8) is 0 Å². The summed E-state index contributed by atoms with van der Waals surface area (Å²) < 4.78 is 5.95. The fourth-order valence-electron chi connectivity index (χ4n) is 3.32. The van der Waals surface area contributed by atoms with Crippen molar-refractivity contribution >= 4 is 23.5 Å². The van der Waals surface area contributed by atoms with E-state index in [1.54, 1.807) is 36.3 Å². The molecule has 1 amide bonds. The third-order valence-electron chi connectivity index (χ3n) is 4.87. The van der Waals surface area contributed by atoms with Gasteiger partial charge in [0.25, 0.3) is 0 Å². The van der Waals surface area contributed by atoms with Crippen LogP contribution in [-0.2, 0) is 4.79 Å². The van der Waals surface area contributed by atoms with Crippen LogP contribution >= 0.6 is 0 Å². The number of nitrogens with one attached hydrogen (secondary N) is 1. The Morgan fingerprint density at radius 2 is 2.07 bits per heavy atom. The molecular weight excluding hydrogens is 386 g/mol. The molecule has 158 valence electrons. The zero-order chi connectivity index (χ0) is 21.7. The zero-order valence-electron chi connectivity index (χ0n) is 17.0. The van der Waals surface area contributed by atoms with Crippen molar-refractivity contribution in [3.8, 4) is 11.5 Å². The number of carboxylic acids is 1. The number of pyridine rings is 1. The Kier molecular flexibility index (Phi) is 6.51. The van der Waals surface area contributed by atoms with E-state index >= 15 is 0 Å². The van der Waals surface area contributed by atoms with Gasteiger partial charge in [-0.05, 0) is 30.7 Å². The van der Waals surface area contributed by atoms with Crippen LogP contribution in [0.25, 0.3) is 0 Å². The van der Waals surface area contributed by atoms with Gasteiger partial charge >= 0.3 is 5.97 Å². The molecule has 9 nitrogen and oxygen atoms in total. The molecule has 1 aromatic heterocycles. The fraction of sp³-hybridized carbons (Fsp3) is 0.333. The first-order valence-corrected chi connectivity index (χ1v) is 9.72. The van der Waals surface area contributed by atoms with Crippen LogP contribution in [0.2, 0.25) is 0 Å². The molecular formula is C21H25N5O4. The van der Waals surface area contributed by atoms with Crippen LogP contribution in [0, 0.1) is 0 Å². The molecule has 3 rings (SSSR count). The molecule has 2 aromatic rings. The van der Waals surface area contributed by atoms with Gasteiger partial charge in [-0.1, -0.05) is 6.92 Å². The van der Waals surface area contributed by atoms with Gasteiger partial charge in [0.2, 0.25) is 5.91 Å². The number of anilines is 1. The summed E-state index contributed by atoms with van der Waals surface area (Å²) in [5, 5.41) is 12.0. The van der Waals surface area contributed by atoms with Crippen molar-refractivity contribution < 1.29 is 19.4 Å². The van der Waals surface area contributed by atoms with Gasteiger partial charge in [0.1, 0.15) is 28.7 Å². The molecule has 0 spiro atoms. The summed E-state index contributed by atoms with van der Waals surface area (Å²) in [5.41, 5.74) is 7.02. The number of nitrogens with zero attached hydrogens (tertiary/aromatic N) is 3. The number of hydrogen-bond donors (Lipinski definition) is 3. The highest BCUT2D eigenvalue weighted by Gasteiger charge is 2.26. The molecule has 1 unspecified atom stereocenters. The lowest BCUT2D eigenvalue weighted by molar-refractivity contribution is -0.129. The summed E-state index contributed by atoms with van der Waals surface area (Å²) in [4.78, 5) is 33.7. The molecule has 1 fully saturated rings. The van der Waals surface area contributed by atoms with E-state index in [9.17, 15) is 9.59 Å². The Balaban J connectivity index is 1.86. The number of likely N-dealkylation sites (tertiary alicyclic amines) is 1. The number of carbonyl (C=O) groups is 2. The normalized spacial score (nSPS) is 16.4. The lowest BCUT2D eigenvalue weighted by Crippen LogP contribution is -2.29. The highest BCUT2D eigenvalue weighted by Crippen LogP contribution is 2.29. The molecule has 1 saturated heterocycles. The van der Waals surface area contributed by atoms with Gasteiger partial charge < -0.3 is 25.8 Å². The van der Waals surface area contributed by atoms with Gasteiger partial charge in [0.15, 0.2) is 0 Å². The van der Waals surface area contributed by atoms with Crippen molar-refractivity contribution in [2.24, 2.45) is 10.7 Å². The number of carbonyl (C=O) groups excluding carboxylic acids is 1. The van der Waals surface area contributed by atoms with Crippen LogP contribution in [0.1, 0.15) is 35.7 Å². The van der Waals surface area contributed by atoms with E-state index < -0.39 is 5.97 Å². The molecule has 1 atom stereocenters. The van der Waals surface area contributed by atoms with E-state index in [2.05, 4.69) is 15.3 Å². The maximum Gasteiger partial charge on any atom is 0.335 e. The largest absolute Gasteiger partial charge is 0.478 e. The van der Waals surface area contributed by atoms with Crippen molar-refractivity contribution in [2.75, 3.05) is 25.5 Å². The van der Waals surface area contributed by atoms with Gasteiger partial charge in [-0.3, -0.25) is 9.79 Å². The first kappa shape index (κ1) is 21.1. The number of carboxylic acid groups (broad SMARTS) is 1. The monoisotopic (exact) mass is 411 g/mol. The van der Waals surface area contributed by atoms with Crippen LogP contribution < -0.4 is 15.8 Å². The number of hydrogen-bond acceptors (Lipinski definition) is 6. The minimum atomic E-state index is -1.01. The van der Waals surface area contributed by atoms with E-state index in [1.807, 2.05) is 6.92 Å². The van der Waals surface area contributed by atoms with Gasteiger partial charge in [0.05, 0.1) is 11.6 Å². The summed E-state index contributed by atoms with van der Waals surface area (Å²) in [6, 6.07) is 7.66. The average Bonchev–Trinajstić information content (AvgIpc) is 3.21. The number of benzene rings is 1. The van der Waals surface area contributed by atoms with Crippen LogP contribution in [0.5, 0.6) is 11.5 Å². The Hall–Kier alpha value is -3.62. The van der Waals surface area contributed by atoms with Crippen molar-refractivity contribution in [3.05, 3.63) is 47.7 Å². The zero-order valence-corrected chi connectivity index (χ0v) is 17.0. The van der Waals surface area contributed by atoms with Gasteiger partial charge in [-0.15, -0.1) is 0 Å². The number of aromatic nitrogens is 1. The second-order valence-corrected chi connectivity index (χ2v) is 6.86. The fourth-order valence-corrected chi connectivity index (χ4v) is 3.32. The summed E-state index contributed by atoms with van der Waals surface area (Å²) >= 11 is 0. The molecule has 0 bridgehead atoms. The van der Waals surface area contributed by atoms with Gasteiger partial charge in [-0.2, -0.15) is 0 Å². The average molecular weight is 411 g/mol. The van der Waals surface area contributed by atoms with Gasteiger partial charge in [0, 0.05) is 38.8 Å². The second-order valence-electron chi connectivity index (χ2n) is 6.86. The summed E-state index contributed by atoms with van der Waals surface area (Å²) in [6.07, 6.45) is 2.80. The van der Waals surface area contributed by atoms with Crippen LogP contribution in [-0.4, -0.2) is 58.9 Å². The number of amidine groups is 1. The van der Waals surface area contributed by atoms with E-state index in [1.165, 1.54) is 12.1 Å². The van der Waals surface area contributed by atoms with Crippen molar-refractivity contribution in [2.45, 2.75) is 25.8 Å². The molecule has 0 aliphatic carbocycles. The van der Waals surface area contributed by atoms with E-state index in [0.29, 0.717) is 42.4 Å². The maximum atomic E-state index is 11.9. The third kappa shape index (κ3) is 4.68. The quantitative estimate of drug-likeness (QED) is 0.471. The van der Waals surface area contributed by atoms with Crippen LogP contribution in [0.15, 0.2) is 41.5 Å². The maximum absolute atomic E-state index is 11.9. The Morgan fingerprint density at radius 3 is 2.70 bits per heavy atom. The molecule has 9 heteroatoms. The third-order valence-corrected chi connectivity index (χ3v) is 4.87. The number of rotatable bonds is 7. The molecule has 0 saturated carbocycles. The minimum absolute atomic E-state index is 0.0897. The van der Waals surface area contributed by atoms with Crippen molar-refractivity contribution in [1.82, 2.24) is 9.88 Å². The minimum Gasteiger partial charge on any atom is -0.478 e. The molecule has 0 radical (unpaired) electrons.